The standard InChI is InChI=1S/C68H55BN2S3/c1-66(2,3)40-22-24-41(25-23-40)70-54-37-61-47(48-31-51-52(35-59(48)73-61)68(6,7)29-28-67(51,4)5)30-45(54)43-26-27-44-46-34-58-49(42-20-14-15-21-57(42)72-58)32-55(46)71-56-33-50-60(36-53(56)69-63(43)64(44)71)74-65(39-18-12-9-13-19-39)62(50)38-16-10-8-11-17-38/h8-27,30-37,69-70H,28-29H2,1-7H3. The van der Waals surface area contributed by atoms with Gasteiger partial charge in [0.25, 0.3) is 0 Å². The maximum Gasteiger partial charge on any atom is 0.198 e. The van der Waals surface area contributed by atoms with E-state index < -0.39 is 0 Å². The predicted octanol–water partition coefficient (Wildman–Crippen LogP) is 18.8. The van der Waals surface area contributed by atoms with Crippen LogP contribution in [0.5, 0.6) is 0 Å². The molecule has 0 unspecified atom stereocenters. The Morgan fingerprint density at radius 3 is 1.89 bits per heavy atom. The van der Waals surface area contributed by atoms with Gasteiger partial charge >= 0.3 is 0 Å². The van der Waals surface area contributed by atoms with Gasteiger partial charge in [-0.05, 0) is 135 Å². The van der Waals surface area contributed by atoms with Crippen molar-refractivity contribution in [3.63, 3.8) is 0 Å². The minimum Gasteiger partial charge on any atom is -0.355 e. The van der Waals surface area contributed by atoms with E-state index in [0.717, 1.165) is 18.7 Å². The molecule has 2 nitrogen and oxygen atoms in total. The van der Waals surface area contributed by atoms with E-state index in [1.165, 1.54) is 151 Å². The zero-order valence-corrected chi connectivity index (χ0v) is 45.4. The van der Waals surface area contributed by atoms with Crippen LogP contribution in [0.2, 0.25) is 0 Å². The van der Waals surface area contributed by atoms with E-state index in [1.807, 2.05) is 34.0 Å². The van der Waals surface area contributed by atoms with Crippen LogP contribution in [0.15, 0.2) is 170 Å². The summed E-state index contributed by atoms with van der Waals surface area (Å²) in [5.41, 5.74) is 19.9. The van der Waals surface area contributed by atoms with Gasteiger partial charge in [0.1, 0.15) is 0 Å². The summed E-state index contributed by atoms with van der Waals surface area (Å²) in [5.74, 6) is 0. The van der Waals surface area contributed by atoms with E-state index >= 15 is 0 Å². The van der Waals surface area contributed by atoms with Gasteiger partial charge in [-0.2, -0.15) is 0 Å². The van der Waals surface area contributed by atoms with Crippen molar-refractivity contribution < 1.29 is 0 Å². The second kappa shape index (κ2) is 15.8. The summed E-state index contributed by atoms with van der Waals surface area (Å²) in [7, 11) is 0.823. The molecule has 0 saturated heterocycles. The minimum atomic E-state index is 0.0674. The Morgan fingerprint density at radius 2 is 1.14 bits per heavy atom. The van der Waals surface area contributed by atoms with Gasteiger partial charge in [0.05, 0.1) is 5.52 Å². The number of anilines is 2. The highest BCUT2D eigenvalue weighted by atomic mass is 32.1. The molecule has 0 bridgehead atoms. The van der Waals surface area contributed by atoms with Crippen LogP contribution in [-0.2, 0) is 16.2 Å². The second-order valence-corrected chi connectivity index (χ2v) is 26.8. The Kier molecular flexibility index (Phi) is 9.50. The topological polar surface area (TPSA) is 17.0 Å². The average Bonchev–Trinajstić information content (AvgIpc) is 4.25. The van der Waals surface area contributed by atoms with E-state index in [4.69, 9.17) is 0 Å². The van der Waals surface area contributed by atoms with Crippen LogP contribution in [0.25, 0.3) is 111 Å². The summed E-state index contributed by atoms with van der Waals surface area (Å²) in [6, 6.07) is 65.3. The number of rotatable bonds is 5. The lowest BCUT2D eigenvalue weighted by molar-refractivity contribution is 0.332. The second-order valence-electron chi connectivity index (χ2n) is 23.6. The molecular weight excluding hydrogens is 952 g/mol. The molecule has 0 amide bonds. The molecule has 0 saturated carbocycles. The zero-order chi connectivity index (χ0) is 50.0. The highest BCUT2D eigenvalue weighted by Gasteiger charge is 2.38. The van der Waals surface area contributed by atoms with E-state index in [9.17, 15) is 0 Å². The van der Waals surface area contributed by atoms with Crippen molar-refractivity contribution >= 4 is 136 Å². The van der Waals surface area contributed by atoms with Gasteiger partial charge < -0.3 is 9.88 Å². The number of hydrogen-bond donors (Lipinski definition) is 1. The Bertz CT molecular complexity index is 4500. The van der Waals surface area contributed by atoms with E-state index in [-0.39, 0.29) is 16.2 Å². The van der Waals surface area contributed by atoms with Crippen molar-refractivity contribution in [1.82, 2.24) is 4.57 Å². The number of fused-ring (bicyclic) bond motifs is 13. The Morgan fingerprint density at radius 1 is 0.500 bits per heavy atom. The third-order valence-corrected chi connectivity index (χ3v) is 20.5. The molecule has 0 radical (unpaired) electrons. The van der Waals surface area contributed by atoms with E-state index in [2.05, 4.69) is 228 Å². The first kappa shape index (κ1) is 44.5. The number of nitrogens with one attached hydrogen (secondary N) is 1. The number of thiophene rings is 3. The number of nitrogens with zero attached hydrogens (tertiary/aromatic N) is 1. The van der Waals surface area contributed by atoms with Crippen LogP contribution in [0.1, 0.15) is 78.0 Å². The highest BCUT2D eigenvalue weighted by Crippen LogP contribution is 2.52. The van der Waals surface area contributed by atoms with Crippen molar-refractivity contribution in [3.05, 3.63) is 187 Å². The monoisotopic (exact) mass is 1010 g/mol. The first-order chi connectivity index (χ1) is 35.8. The molecule has 9 aromatic carbocycles. The first-order valence-electron chi connectivity index (χ1n) is 26.3. The lowest BCUT2D eigenvalue weighted by atomic mass is 9.59. The van der Waals surface area contributed by atoms with Gasteiger partial charge in [-0.25, -0.2) is 0 Å². The van der Waals surface area contributed by atoms with Crippen LogP contribution in [0, 0.1) is 0 Å². The van der Waals surface area contributed by atoms with Gasteiger partial charge in [0, 0.05) is 99.8 Å². The van der Waals surface area contributed by atoms with Gasteiger partial charge in [0.2, 0.25) is 0 Å². The fourth-order valence-electron chi connectivity index (χ4n) is 12.9. The Hall–Kier alpha value is -6.96. The number of hydrogen-bond acceptors (Lipinski definition) is 4. The van der Waals surface area contributed by atoms with Crippen LogP contribution < -0.4 is 16.2 Å². The summed E-state index contributed by atoms with van der Waals surface area (Å²) >= 11 is 5.79. The van der Waals surface area contributed by atoms with Gasteiger partial charge in [-0.3, -0.25) is 0 Å². The van der Waals surface area contributed by atoms with Crippen molar-refractivity contribution in [2.24, 2.45) is 0 Å². The summed E-state index contributed by atoms with van der Waals surface area (Å²) in [4.78, 5) is 1.32. The Balaban J connectivity index is 1.02. The largest absolute Gasteiger partial charge is 0.355 e. The lowest BCUT2D eigenvalue weighted by Gasteiger charge is -2.41. The predicted molar refractivity (Wildman–Crippen MR) is 328 cm³/mol. The van der Waals surface area contributed by atoms with E-state index in [0.29, 0.717) is 0 Å². The summed E-state index contributed by atoms with van der Waals surface area (Å²) in [6.45, 7) is 16.7. The molecule has 1 aliphatic heterocycles. The van der Waals surface area contributed by atoms with Crippen molar-refractivity contribution in [3.8, 4) is 38.4 Å². The van der Waals surface area contributed by atoms with Crippen LogP contribution in [0.3, 0.4) is 0 Å². The SMILES string of the molecule is CC(C)(C)c1ccc(Nc2cc3sc4cc5c(cc4c3cc2-c2ccc3c4cc6sc7ccccc7c6cc4n4c3c2Bc2cc3sc(-c6ccccc6)c(-c6ccccc6)c3cc2-4)C(C)(C)CCC5(C)C)cc1. The molecule has 1 aliphatic carbocycles. The van der Waals surface area contributed by atoms with Gasteiger partial charge in [-0.1, -0.05) is 157 Å². The molecule has 5 heterocycles. The molecular formula is C68H55BN2S3. The minimum absolute atomic E-state index is 0.0674. The summed E-state index contributed by atoms with van der Waals surface area (Å²) in [5, 5.41) is 13.3. The molecule has 0 atom stereocenters. The summed E-state index contributed by atoms with van der Waals surface area (Å²) < 4.78 is 9.35. The van der Waals surface area contributed by atoms with Gasteiger partial charge in [0.15, 0.2) is 7.28 Å². The van der Waals surface area contributed by atoms with E-state index in [1.54, 1.807) is 0 Å². The van der Waals surface area contributed by atoms with Crippen molar-refractivity contribution in [1.29, 1.82) is 0 Å². The average molecular weight is 1010 g/mol. The molecule has 4 aromatic heterocycles. The lowest BCUT2D eigenvalue weighted by Crippen LogP contribution is -2.37. The zero-order valence-electron chi connectivity index (χ0n) is 43.0. The molecule has 0 fully saturated rings. The molecule has 15 rings (SSSR count). The first-order valence-corrected chi connectivity index (χ1v) is 28.8. The highest BCUT2D eigenvalue weighted by molar-refractivity contribution is 7.26. The maximum absolute atomic E-state index is 4.05. The molecule has 0 spiro atoms. The van der Waals surface area contributed by atoms with Crippen LogP contribution in [0.4, 0.5) is 11.4 Å². The molecule has 6 heteroatoms. The molecule has 358 valence electrons. The summed E-state index contributed by atoms with van der Waals surface area (Å²) in [6.07, 6.45) is 2.40. The van der Waals surface area contributed by atoms with Gasteiger partial charge in [-0.15, -0.1) is 34.0 Å². The van der Waals surface area contributed by atoms with Crippen molar-refractivity contribution in [2.45, 2.75) is 77.6 Å². The number of aromatic nitrogens is 1. The quantitative estimate of drug-likeness (QED) is 0.170. The van der Waals surface area contributed by atoms with Crippen LogP contribution in [-0.4, -0.2) is 11.8 Å². The molecule has 2 aliphatic rings. The van der Waals surface area contributed by atoms with Crippen LogP contribution >= 0.6 is 34.0 Å². The Labute approximate surface area is 445 Å². The van der Waals surface area contributed by atoms with Crippen molar-refractivity contribution in [2.75, 3.05) is 5.32 Å². The maximum atomic E-state index is 4.05. The number of benzene rings is 9. The fraction of sp³-hybridized carbons (Fsp3) is 0.176. The third-order valence-electron chi connectivity index (χ3n) is 17.0. The normalized spacial score (nSPS) is 14.9. The smallest absolute Gasteiger partial charge is 0.198 e. The third kappa shape index (κ3) is 6.67. The molecule has 74 heavy (non-hydrogen) atoms. The molecule has 13 aromatic rings. The fourth-order valence-corrected chi connectivity index (χ4v) is 16.4. The molecule has 1 N–H and O–H groups in total.